The Morgan fingerprint density at radius 3 is 1.88 bits per heavy atom. The summed E-state index contributed by atoms with van der Waals surface area (Å²) in [6.07, 6.45) is 2.25. The molecule has 4 nitrogen and oxygen atoms in total. The summed E-state index contributed by atoms with van der Waals surface area (Å²) in [5, 5.41) is 3.38. The molecule has 2 aromatic rings. The molecule has 0 unspecified atom stereocenters. The van der Waals surface area contributed by atoms with E-state index in [0.29, 0.717) is 12.2 Å². The first-order valence-corrected chi connectivity index (χ1v) is 10.1. The van der Waals surface area contributed by atoms with Crippen LogP contribution in [0, 0.1) is 0 Å². The number of aryl methyl sites for hydroxylation is 1. The van der Waals surface area contributed by atoms with Crippen LogP contribution in [0.2, 0.25) is 0 Å². The molecular formula is C20H28N2O2S. The van der Waals surface area contributed by atoms with Crippen molar-refractivity contribution >= 4 is 21.4 Å². The van der Waals surface area contributed by atoms with E-state index in [2.05, 4.69) is 41.2 Å². The van der Waals surface area contributed by atoms with Crippen molar-refractivity contribution in [1.82, 2.24) is 0 Å². The maximum atomic E-state index is 12.2. The lowest BCUT2D eigenvalue weighted by Crippen LogP contribution is -2.33. The molecule has 0 spiro atoms. The van der Waals surface area contributed by atoms with E-state index in [0.717, 1.165) is 24.1 Å². The van der Waals surface area contributed by atoms with Crippen LogP contribution in [0.4, 0.5) is 11.4 Å². The first-order valence-electron chi connectivity index (χ1n) is 8.65. The van der Waals surface area contributed by atoms with Gasteiger partial charge in [0.2, 0.25) is 10.0 Å². The average molecular weight is 361 g/mol. The normalized spacial score (nSPS) is 12.0. The van der Waals surface area contributed by atoms with E-state index in [9.17, 15) is 8.42 Å². The van der Waals surface area contributed by atoms with Gasteiger partial charge in [-0.1, -0.05) is 37.6 Å². The van der Waals surface area contributed by atoms with Gasteiger partial charge in [0.05, 0.1) is 4.75 Å². The summed E-state index contributed by atoms with van der Waals surface area (Å²) in [5.74, 6) is 0. The summed E-state index contributed by atoms with van der Waals surface area (Å²) in [6.45, 7) is 7.91. The van der Waals surface area contributed by atoms with E-state index in [1.807, 2.05) is 12.1 Å². The second-order valence-electron chi connectivity index (χ2n) is 7.22. The van der Waals surface area contributed by atoms with Crippen molar-refractivity contribution in [3.63, 3.8) is 0 Å². The van der Waals surface area contributed by atoms with Gasteiger partial charge in [-0.3, -0.25) is 4.72 Å². The topological polar surface area (TPSA) is 58.2 Å². The molecule has 0 aliphatic rings. The van der Waals surface area contributed by atoms with Gasteiger partial charge in [-0.25, -0.2) is 8.42 Å². The SMILES string of the molecule is CCCc1ccc(NCc2ccc(NS(=O)(=O)C(C)(C)C)cc2)cc1. The van der Waals surface area contributed by atoms with Crippen LogP contribution in [0.5, 0.6) is 0 Å². The molecule has 0 heterocycles. The van der Waals surface area contributed by atoms with Crippen molar-refractivity contribution in [3.05, 3.63) is 59.7 Å². The molecule has 5 heteroatoms. The van der Waals surface area contributed by atoms with Gasteiger partial charge in [-0.2, -0.15) is 0 Å². The number of hydrogen-bond acceptors (Lipinski definition) is 3. The van der Waals surface area contributed by atoms with Gasteiger partial charge in [0.25, 0.3) is 0 Å². The smallest absolute Gasteiger partial charge is 0.237 e. The number of nitrogens with one attached hydrogen (secondary N) is 2. The molecule has 0 aromatic heterocycles. The third kappa shape index (κ3) is 5.49. The molecular weight excluding hydrogens is 332 g/mol. The monoisotopic (exact) mass is 360 g/mol. The van der Waals surface area contributed by atoms with Crippen LogP contribution in [-0.4, -0.2) is 13.2 Å². The largest absolute Gasteiger partial charge is 0.381 e. The minimum Gasteiger partial charge on any atom is -0.381 e. The fraction of sp³-hybridized carbons (Fsp3) is 0.400. The van der Waals surface area contributed by atoms with Gasteiger partial charge >= 0.3 is 0 Å². The molecule has 0 radical (unpaired) electrons. The van der Waals surface area contributed by atoms with Gasteiger partial charge in [-0.05, 0) is 62.6 Å². The number of hydrogen-bond donors (Lipinski definition) is 2. The Kier molecular flexibility index (Phi) is 6.11. The van der Waals surface area contributed by atoms with Crippen molar-refractivity contribution < 1.29 is 8.42 Å². The second kappa shape index (κ2) is 7.91. The Labute approximate surface area is 151 Å². The summed E-state index contributed by atoms with van der Waals surface area (Å²) in [6, 6.07) is 15.9. The first-order chi connectivity index (χ1) is 11.7. The Morgan fingerprint density at radius 1 is 0.840 bits per heavy atom. The molecule has 0 amide bonds. The highest BCUT2D eigenvalue weighted by Crippen LogP contribution is 2.20. The maximum Gasteiger partial charge on any atom is 0.237 e. The van der Waals surface area contributed by atoms with Crippen LogP contribution in [0.15, 0.2) is 48.5 Å². The molecule has 2 rings (SSSR count). The predicted octanol–water partition coefficient (Wildman–Crippen LogP) is 4.79. The minimum atomic E-state index is -3.39. The van der Waals surface area contributed by atoms with Crippen molar-refractivity contribution in [3.8, 4) is 0 Å². The van der Waals surface area contributed by atoms with Crippen molar-refractivity contribution in [2.75, 3.05) is 10.0 Å². The van der Waals surface area contributed by atoms with Crippen LogP contribution < -0.4 is 10.0 Å². The Balaban J connectivity index is 1.94. The van der Waals surface area contributed by atoms with Crippen molar-refractivity contribution in [1.29, 1.82) is 0 Å². The predicted molar refractivity (Wildman–Crippen MR) is 107 cm³/mol. The van der Waals surface area contributed by atoms with Gasteiger partial charge in [0.1, 0.15) is 0 Å². The number of anilines is 2. The first kappa shape index (κ1) is 19.3. The zero-order valence-corrected chi connectivity index (χ0v) is 16.3. The summed E-state index contributed by atoms with van der Waals surface area (Å²) in [7, 11) is -3.39. The molecule has 2 N–H and O–H groups in total. The Bertz CT molecular complexity index is 774. The van der Waals surface area contributed by atoms with E-state index < -0.39 is 14.8 Å². The highest BCUT2D eigenvalue weighted by Gasteiger charge is 2.28. The minimum absolute atomic E-state index is 0.586. The Morgan fingerprint density at radius 2 is 1.36 bits per heavy atom. The van der Waals surface area contributed by atoms with Crippen LogP contribution in [0.25, 0.3) is 0 Å². The number of sulfonamides is 1. The fourth-order valence-electron chi connectivity index (χ4n) is 2.28. The molecule has 2 aromatic carbocycles. The third-order valence-electron chi connectivity index (χ3n) is 4.00. The van der Waals surface area contributed by atoms with Gasteiger partial charge in [0, 0.05) is 17.9 Å². The van der Waals surface area contributed by atoms with Crippen LogP contribution in [-0.2, 0) is 23.0 Å². The summed E-state index contributed by atoms with van der Waals surface area (Å²) in [4.78, 5) is 0. The van der Waals surface area contributed by atoms with E-state index in [-0.39, 0.29) is 0 Å². The van der Waals surface area contributed by atoms with E-state index >= 15 is 0 Å². The number of rotatable bonds is 7. The van der Waals surface area contributed by atoms with Crippen molar-refractivity contribution in [2.45, 2.75) is 51.8 Å². The molecule has 0 bridgehead atoms. The maximum absolute atomic E-state index is 12.2. The van der Waals surface area contributed by atoms with E-state index in [1.165, 1.54) is 5.56 Å². The highest BCUT2D eigenvalue weighted by molar-refractivity contribution is 7.94. The lowest BCUT2D eigenvalue weighted by atomic mass is 10.1. The molecule has 0 aliphatic heterocycles. The molecule has 0 saturated carbocycles. The van der Waals surface area contributed by atoms with Gasteiger partial charge in [-0.15, -0.1) is 0 Å². The average Bonchev–Trinajstić information content (AvgIpc) is 2.54. The van der Waals surface area contributed by atoms with Crippen LogP contribution in [0.3, 0.4) is 0 Å². The molecule has 0 aliphatic carbocycles. The molecule has 0 saturated heterocycles. The Hall–Kier alpha value is -2.01. The summed E-state index contributed by atoms with van der Waals surface area (Å²) >= 11 is 0. The second-order valence-corrected chi connectivity index (χ2v) is 9.65. The van der Waals surface area contributed by atoms with Crippen LogP contribution >= 0.6 is 0 Å². The zero-order valence-electron chi connectivity index (χ0n) is 15.5. The van der Waals surface area contributed by atoms with E-state index in [4.69, 9.17) is 0 Å². The summed E-state index contributed by atoms with van der Waals surface area (Å²) < 4.78 is 26.1. The quantitative estimate of drug-likeness (QED) is 0.746. The van der Waals surface area contributed by atoms with Gasteiger partial charge < -0.3 is 5.32 Å². The molecule has 0 atom stereocenters. The van der Waals surface area contributed by atoms with Crippen LogP contribution in [0.1, 0.15) is 45.2 Å². The van der Waals surface area contributed by atoms with Crippen molar-refractivity contribution in [2.24, 2.45) is 0 Å². The highest BCUT2D eigenvalue weighted by atomic mass is 32.2. The third-order valence-corrected chi connectivity index (χ3v) is 6.12. The molecule has 0 fully saturated rings. The standard InChI is InChI=1S/C20H28N2O2S/c1-5-6-16-7-11-18(12-8-16)21-15-17-9-13-19(14-10-17)22-25(23,24)20(2,3)4/h7-14,21-22H,5-6,15H2,1-4H3. The molecule has 25 heavy (non-hydrogen) atoms. The van der Waals surface area contributed by atoms with Gasteiger partial charge in [0.15, 0.2) is 0 Å². The van der Waals surface area contributed by atoms with E-state index in [1.54, 1.807) is 32.9 Å². The zero-order chi connectivity index (χ0) is 18.5. The lowest BCUT2D eigenvalue weighted by molar-refractivity contribution is 0.566. The fourth-order valence-corrected chi connectivity index (χ4v) is 3.03. The molecule has 136 valence electrons. The number of benzene rings is 2. The lowest BCUT2D eigenvalue weighted by Gasteiger charge is -2.20. The summed E-state index contributed by atoms with van der Waals surface area (Å²) in [5.41, 5.74) is 4.11.